The Morgan fingerprint density at radius 2 is 1.09 bits per heavy atom. The normalized spacial score (nSPS) is 20.5. The zero-order chi connectivity index (χ0) is 22.5. The van der Waals surface area contributed by atoms with Gasteiger partial charge in [0.1, 0.15) is 0 Å². The van der Waals surface area contributed by atoms with Gasteiger partial charge in [0.15, 0.2) is 0 Å². The second-order valence-electron chi connectivity index (χ2n) is 9.07. The topological polar surface area (TPSA) is 0 Å². The molecule has 0 N–H and O–H groups in total. The molecule has 34 heavy (non-hydrogen) atoms. The van der Waals surface area contributed by atoms with E-state index < -0.39 is 7.92 Å². The van der Waals surface area contributed by atoms with Crippen LogP contribution in [0.2, 0.25) is 0 Å². The van der Waals surface area contributed by atoms with Gasteiger partial charge in [-0.2, -0.15) is 0 Å². The molecular formula is C33H23P. The molecule has 0 amide bonds. The largest absolute Gasteiger partial charge is 0.0622 e. The van der Waals surface area contributed by atoms with E-state index in [1.807, 2.05) is 0 Å². The quantitative estimate of drug-likeness (QED) is 0.242. The zero-order valence-corrected chi connectivity index (χ0v) is 19.6. The van der Waals surface area contributed by atoms with Gasteiger partial charge in [0.25, 0.3) is 0 Å². The molecular weight excluding hydrogens is 427 g/mol. The lowest BCUT2D eigenvalue weighted by Gasteiger charge is -2.46. The summed E-state index contributed by atoms with van der Waals surface area (Å²) >= 11 is 0. The van der Waals surface area contributed by atoms with Gasteiger partial charge in [-0.15, -0.1) is 0 Å². The van der Waals surface area contributed by atoms with E-state index in [1.165, 1.54) is 49.0 Å². The van der Waals surface area contributed by atoms with Crippen LogP contribution in [0.25, 0.3) is 21.4 Å². The van der Waals surface area contributed by atoms with Crippen LogP contribution in [0, 0.1) is 0 Å². The molecule has 0 saturated heterocycles. The van der Waals surface area contributed by atoms with Crippen molar-refractivity contribution in [2.45, 2.75) is 5.41 Å². The molecule has 0 nitrogen and oxygen atoms in total. The fourth-order valence-corrected chi connectivity index (χ4v) is 8.57. The van der Waals surface area contributed by atoms with Crippen LogP contribution in [0.15, 0.2) is 140 Å². The average Bonchev–Trinajstić information content (AvgIpc) is 2.94. The molecule has 3 heterocycles. The fourth-order valence-electron chi connectivity index (χ4n) is 5.58. The van der Waals surface area contributed by atoms with Crippen LogP contribution in [0.1, 0.15) is 22.3 Å². The van der Waals surface area contributed by atoms with Gasteiger partial charge in [-0.1, -0.05) is 133 Å². The van der Waals surface area contributed by atoms with Gasteiger partial charge in [0, 0.05) is 0 Å². The SMILES string of the molecule is C1=C(c2ccccc2)P2C(c3ccc4ccccc4c3)=CC1(c1ccccc1)c1ccccc12. The van der Waals surface area contributed by atoms with Gasteiger partial charge in [0.05, 0.1) is 5.41 Å². The smallest absolute Gasteiger partial charge is 0.0588 e. The standard InChI is InChI=1S/C33H23P/c1-3-12-25(13-4-1)31-22-33(28-15-5-2-6-16-28)23-32(34(31)30-18-10-9-17-29(30)33)27-20-19-24-11-7-8-14-26(24)21-27/h1-23H. The molecule has 5 aromatic rings. The maximum atomic E-state index is 2.56. The second-order valence-corrected chi connectivity index (χ2v) is 11.2. The molecule has 3 aliphatic rings. The Morgan fingerprint density at radius 3 is 1.88 bits per heavy atom. The first-order valence-corrected chi connectivity index (χ1v) is 13.1. The van der Waals surface area contributed by atoms with Crippen molar-refractivity contribution in [1.29, 1.82) is 0 Å². The van der Waals surface area contributed by atoms with Crippen molar-refractivity contribution in [3.63, 3.8) is 0 Å². The molecule has 2 atom stereocenters. The third-order valence-electron chi connectivity index (χ3n) is 7.17. The van der Waals surface area contributed by atoms with E-state index in [2.05, 4.69) is 140 Å². The van der Waals surface area contributed by atoms with Crippen LogP contribution in [-0.4, -0.2) is 0 Å². The molecule has 0 fully saturated rings. The highest BCUT2D eigenvalue weighted by Crippen LogP contribution is 2.69. The first-order valence-electron chi connectivity index (χ1n) is 11.8. The minimum absolute atomic E-state index is 0.277. The number of fused-ring (bicyclic) bond motifs is 1. The Labute approximate surface area is 201 Å². The second kappa shape index (κ2) is 7.66. The Morgan fingerprint density at radius 1 is 0.471 bits per heavy atom. The van der Waals surface area contributed by atoms with Crippen LogP contribution in [0.3, 0.4) is 0 Å². The first kappa shape index (κ1) is 19.7. The van der Waals surface area contributed by atoms with E-state index >= 15 is 0 Å². The number of benzene rings is 5. The van der Waals surface area contributed by atoms with Crippen molar-refractivity contribution in [2.24, 2.45) is 0 Å². The van der Waals surface area contributed by atoms with Gasteiger partial charge in [-0.05, 0) is 62.9 Å². The summed E-state index contributed by atoms with van der Waals surface area (Å²) in [4.78, 5) is 0. The molecule has 8 rings (SSSR count). The van der Waals surface area contributed by atoms with Gasteiger partial charge in [-0.25, -0.2) is 0 Å². The average molecular weight is 451 g/mol. The number of allylic oxidation sites excluding steroid dienone is 2. The maximum absolute atomic E-state index is 2.56. The van der Waals surface area contributed by atoms with Crippen LogP contribution in [-0.2, 0) is 5.41 Å². The van der Waals surface area contributed by atoms with Gasteiger partial charge in [0.2, 0.25) is 0 Å². The predicted molar refractivity (Wildman–Crippen MR) is 147 cm³/mol. The van der Waals surface area contributed by atoms with Crippen molar-refractivity contribution >= 4 is 34.6 Å². The predicted octanol–water partition coefficient (Wildman–Crippen LogP) is 8.34. The molecule has 2 bridgehead atoms. The summed E-state index contributed by atoms with van der Waals surface area (Å²) < 4.78 is 0. The molecule has 0 aliphatic carbocycles. The summed E-state index contributed by atoms with van der Waals surface area (Å²) in [7, 11) is -0.654. The molecule has 3 aliphatic heterocycles. The van der Waals surface area contributed by atoms with E-state index in [1.54, 1.807) is 0 Å². The first-order chi connectivity index (χ1) is 16.8. The monoisotopic (exact) mass is 450 g/mol. The van der Waals surface area contributed by atoms with Crippen molar-refractivity contribution < 1.29 is 0 Å². The lowest BCUT2D eigenvalue weighted by Crippen LogP contribution is -2.36. The Kier molecular flexibility index (Phi) is 4.44. The Hall–Kier alpha value is -3.73. The Bertz CT molecular complexity index is 1590. The lowest BCUT2D eigenvalue weighted by molar-refractivity contribution is 0.821. The molecule has 0 aromatic heterocycles. The van der Waals surface area contributed by atoms with Crippen LogP contribution >= 0.6 is 7.92 Å². The maximum Gasteiger partial charge on any atom is 0.0588 e. The lowest BCUT2D eigenvalue weighted by atomic mass is 9.72. The molecule has 160 valence electrons. The molecule has 0 spiro atoms. The van der Waals surface area contributed by atoms with Gasteiger partial charge < -0.3 is 0 Å². The fraction of sp³-hybridized carbons (Fsp3) is 0.0303. The third kappa shape index (κ3) is 2.89. The van der Waals surface area contributed by atoms with Crippen molar-refractivity contribution in [2.75, 3.05) is 0 Å². The van der Waals surface area contributed by atoms with E-state index in [0.29, 0.717) is 0 Å². The van der Waals surface area contributed by atoms with Crippen LogP contribution < -0.4 is 5.30 Å². The summed E-state index contributed by atoms with van der Waals surface area (Å²) in [6.45, 7) is 0. The minimum Gasteiger partial charge on any atom is -0.0622 e. The Balaban J connectivity index is 1.55. The summed E-state index contributed by atoms with van der Waals surface area (Å²) in [5, 5.41) is 6.99. The highest BCUT2D eigenvalue weighted by atomic mass is 31.1. The number of rotatable bonds is 3. The highest BCUT2D eigenvalue weighted by Gasteiger charge is 2.45. The van der Waals surface area contributed by atoms with E-state index in [9.17, 15) is 0 Å². The summed E-state index contributed by atoms with van der Waals surface area (Å²) in [6, 6.07) is 46.7. The summed E-state index contributed by atoms with van der Waals surface area (Å²) in [5.41, 5.74) is 5.14. The number of hydrogen-bond donors (Lipinski definition) is 0. The number of hydrogen-bond acceptors (Lipinski definition) is 0. The molecule has 0 radical (unpaired) electrons. The zero-order valence-electron chi connectivity index (χ0n) is 18.7. The van der Waals surface area contributed by atoms with Gasteiger partial charge >= 0.3 is 0 Å². The van der Waals surface area contributed by atoms with E-state index in [-0.39, 0.29) is 5.41 Å². The summed E-state index contributed by atoms with van der Waals surface area (Å²) in [5.74, 6) is 0. The van der Waals surface area contributed by atoms with Gasteiger partial charge in [-0.3, -0.25) is 0 Å². The van der Waals surface area contributed by atoms with Crippen LogP contribution in [0.4, 0.5) is 0 Å². The van der Waals surface area contributed by atoms with Crippen molar-refractivity contribution in [3.05, 3.63) is 162 Å². The minimum atomic E-state index is -0.654. The molecule has 5 aromatic carbocycles. The highest BCUT2D eigenvalue weighted by molar-refractivity contribution is 7.84. The molecule has 1 heteroatoms. The molecule has 0 saturated carbocycles. The molecule has 2 unspecified atom stereocenters. The van der Waals surface area contributed by atoms with Crippen molar-refractivity contribution in [3.8, 4) is 0 Å². The van der Waals surface area contributed by atoms with Crippen molar-refractivity contribution in [1.82, 2.24) is 0 Å². The summed E-state index contributed by atoms with van der Waals surface area (Å²) in [6.07, 6.45) is 5.11. The van der Waals surface area contributed by atoms with Crippen LogP contribution in [0.5, 0.6) is 0 Å². The van der Waals surface area contributed by atoms with E-state index in [0.717, 1.165) is 0 Å². The third-order valence-corrected chi connectivity index (χ3v) is 9.78. The van der Waals surface area contributed by atoms with E-state index in [4.69, 9.17) is 0 Å².